The molecule has 3 rings (SSSR count). The summed E-state index contributed by atoms with van der Waals surface area (Å²) in [6.07, 6.45) is 0. The quantitative estimate of drug-likeness (QED) is 0.553. The normalized spacial score (nSPS) is 24.1. The van der Waals surface area contributed by atoms with Crippen LogP contribution in [0.4, 0.5) is 0 Å². The molecule has 0 unspecified atom stereocenters. The van der Waals surface area contributed by atoms with E-state index in [2.05, 4.69) is 79.4 Å². The molecule has 1 fully saturated rings. The molecule has 1 aliphatic rings. The average Bonchev–Trinajstić information content (AvgIpc) is 2.92. The lowest BCUT2D eigenvalue weighted by Crippen LogP contribution is -2.33. The van der Waals surface area contributed by atoms with Crippen molar-refractivity contribution in [2.45, 2.75) is 19.9 Å². The fourth-order valence-electron chi connectivity index (χ4n) is 3.88. The largest absolute Gasteiger partial charge is 0.359 e. The highest BCUT2D eigenvalue weighted by atomic mass is 16.7. The van der Waals surface area contributed by atoms with E-state index in [0.717, 1.165) is 19.7 Å². The van der Waals surface area contributed by atoms with Gasteiger partial charge in [0.1, 0.15) is 6.79 Å². The Kier molecular flexibility index (Phi) is 5.89. The topological polar surface area (TPSA) is 21.7 Å². The van der Waals surface area contributed by atoms with Crippen LogP contribution in [0.1, 0.15) is 31.0 Å². The standard InChI is InChI=1S/C22H29NO2/c1-18-14-23(15-22(18,2)16-25-17-24-3)21(19-10-6-4-7-11-19)20-12-8-5-9-13-20/h4-13,18,21H,14-17H2,1-3H3/t18-,22-/m0/s1. The van der Waals surface area contributed by atoms with Crippen LogP contribution in [0.25, 0.3) is 0 Å². The summed E-state index contributed by atoms with van der Waals surface area (Å²) in [7, 11) is 1.67. The van der Waals surface area contributed by atoms with Gasteiger partial charge in [-0.1, -0.05) is 74.5 Å². The van der Waals surface area contributed by atoms with Crippen molar-refractivity contribution in [2.75, 3.05) is 33.6 Å². The predicted molar refractivity (Wildman–Crippen MR) is 101 cm³/mol. The van der Waals surface area contributed by atoms with Crippen molar-refractivity contribution in [1.29, 1.82) is 0 Å². The van der Waals surface area contributed by atoms with Crippen molar-refractivity contribution in [3.05, 3.63) is 71.8 Å². The van der Waals surface area contributed by atoms with E-state index in [1.807, 2.05) is 0 Å². The fourth-order valence-corrected chi connectivity index (χ4v) is 3.88. The van der Waals surface area contributed by atoms with Crippen molar-refractivity contribution >= 4 is 0 Å². The highest BCUT2D eigenvalue weighted by Gasteiger charge is 2.43. The first-order valence-corrected chi connectivity index (χ1v) is 9.05. The highest BCUT2D eigenvalue weighted by molar-refractivity contribution is 5.32. The smallest absolute Gasteiger partial charge is 0.146 e. The molecule has 0 amide bonds. The molecule has 0 spiro atoms. The van der Waals surface area contributed by atoms with Gasteiger partial charge in [-0.05, 0) is 17.0 Å². The lowest BCUT2D eigenvalue weighted by molar-refractivity contribution is -0.0659. The SMILES string of the molecule is COCOC[C@]1(C)CN(C(c2ccccc2)c2ccccc2)C[C@@H]1C. The maximum atomic E-state index is 5.73. The summed E-state index contributed by atoms with van der Waals surface area (Å²) >= 11 is 0. The Bertz CT molecular complexity index is 606. The summed E-state index contributed by atoms with van der Waals surface area (Å²) in [6, 6.07) is 21.9. The molecule has 2 aromatic rings. The van der Waals surface area contributed by atoms with Gasteiger partial charge in [0, 0.05) is 25.6 Å². The van der Waals surface area contributed by atoms with Crippen LogP contribution in [0.2, 0.25) is 0 Å². The fraction of sp³-hybridized carbons (Fsp3) is 0.455. The average molecular weight is 339 g/mol. The van der Waals surface area contributed by atoms with Crippen LogP contribution in [-0.2, 0) is 9.47 Å². The molecule has 0 radical (unpaired) electrons. The number of hydrogen-bond acceptors (Lipinski definition) is 3. The van der Waals surface area contributed by atoms with Crippen molar-refractivity contribution in [3.8, 4) is 0 Å². The molecule has 2 atom stereocenters. The van der Waals surface area contributed by atoms with Crippen molar-refractivity contribution in [2.24, 2.45) is 11.3 Å². The second kappa shape index (κ2) is 8.13. The molecule has 3 heteroatoms. The molecule has 25 heavy (non-hydrogen) atoms. The third kappa shape index (κ3) is 4.12. The molecular weight excluding hydrogens is 310 g/mol. The Morgan fingerprint density at radius 1 is 1.04 bits per heavy atom. The number of ether oxygens (including phenoxy) is 2. The zero-order valence-electron chi connectivity index (χ0n) is 15.5. The third-order valence-corrected chi connectivity index (χ3v) is 5.49. The number of methoxy groups -OCH3 is 1. The zero-order chi connectivity index (χ0) is 17.7. The van der Waals surface area contributed by atoms with Gasteiger partial charge in [-0.2, -0.15) is 0 Å². The summed E-state index contributed by atoms with van der Waals surface area (Å²) in [5.41, 5.74) is 2.84. The van der Waals surface area contributed by atoms with Crippen LogP contribution in [0.5, 0.6) is 0 Å². The Morgan fingerprint density at radius 2 is 1.60 bits per heavy atom. The molecule has 0 bridgehead atoms. The van der Waals surface area contributed by atoms with E-state index < -0.39 is 0 Å². The summed E-state index contributed by atoms with van der Waals surface area (Å²) < 4.78 is 10.8. The summed E-state index contributed by atoms with van der Waals surface area (Å²) in [6.45, 7) is 7.86. The minimum Gasteiger partial charge on any atom is -0.359 e. The van der Waals surface area contributed by atoms with E-state index in [4.69, 9.17) is 9.47 Å². The van der Waals surface area contributed by atoms with Gasteiger partial charge in [-0.3, -0.25) is 4.90 Å². The van der Waals surface area contributed by atoms with Gasteiger partial charge in [0.2, 0.25) is 0 Å². The van der Waals surface area contributed by atoms with Crippen molar-refractivity contribution in [1.82, 2.24) is 4.90 Å². The van der Waals surface area contributed by atoms with Crippen LogP contribution in [0.15, 0.2) is 60.7 Å². The number of hydrogen-bond donors (Lipinski definition) is 0. The van der Waals surface area contributed by atoms with Crippen LogP contribution in [0, 0.1) is 11.3 Å². The Labute approximate surface area is 151 Å². The minimum absolute atomic E-state index is 0.139. The Hall–Kier alpha value is -1.68. The first-order chi connectivity index (χ1) is 12.1. The van der Waals surface area contributed by atoms with E-state index in [9.17, 15) is 0 Å². The molecule has 1 saturated heterocycles. The molecule has 2 aromatic carbocycles. The van der Waals surface area contributed by atoms with Crippen molar-refractivity contribution in [3.63, 3.8) is 0 Å². The Balaban J connectivity index is 1.85. The molecular formula is C22H29NO2. The van der Waals surface area contributed by atoms with E-state index in [0.29, 0.717) is 12.7 Å². The molecule has 0 saturated carbocycles. The van der Waals surface area contributed by atoms with Gasteiger partial charge in [-0.15, -0.1) is 0 Å². The maximum Gasteiger partial charge on any atom is 0.146 e. The number of likely N-dealkylation sites (tertiary alicyclic amines) is 1. The third-order valence-electron chi connectivity index (χ3n) is 5.49. The second-order valence-electron chi connectivity index (χ2n) is 7.46. The molecule has 0 N–H and O–H groups in total. The zero-order valence-corrected chi connectivity index (χ0v) is 15.5. The lowest BCUT2D eigenvalue weighted by atomic mass is 9.82. The van der Waals surface area contributed by atoms with E-state index in [1.54, 1.807) is 7.11 Å². The van der Waals surface area contributed by atoms with Gasteiger partial charge in [0.05, 0.1) is 12.6 Å². The number of nitrogens with zero attached hydrogens (tertiary/aromatic N) is 1. The molecule has 134 valence electrons. The van der Waals surface area contributed by atoms with Crippen LogP contribution in [0.3, 0.4) is 0 Å². The van der Waals surface area contributed by atoms with Gasteiger partial charge < -0.3 is 9.47 Å². The van der Waals surface area contributed by atoms with Crippen LogP contribution < -0.4 is 0 Å². The first-order valence-electron chi connectivity index (χ1n) is 9.05. The summed E-state index contributed by atoms with van der Waals surface area (Å²) in [5, 5.41) is 0. The molecule has 0 aromatic heterocycles. The van der Waals surface area contributed by atoms with Crippen LogP contribution >= 0.6 is 0 Å². The lowest BCUT2D eigenvalue weighted by Gasteiger charge is -2.31. The van der Waals surface area contributed by atoms with Gasteiger partial charge in [-0.25, -0.2) is 0 Å². The van der Waals surface area contributed by atoms with Gasteiger partial charge >= 0.3 is 0 Å². The number of benzene rings is 2. The van der Waals surface area contributed by atoms with Gasteiger partial charge in [0.15, 0.2) is 0 Å². The maximum absolute atomic E-state index is 5.73. The van der Waals surface area contributed by atoms with Gasteiger partial charge in [0.25, 0.3) is 0 Å². The Morgan fingerprint density at radius 3 is 2.12 bits per heavy atom. The van der Waals surface area contributed by atoms with E-state index in [-0.39, 0.29) is 11.5 Å². The first kappa shape index (κ1) is 18.1. The summed E-state index contributed by atoms with van der Waals surface area (Å²) in [4.78, 5) is 2.60. The molecule has 1 heterocycles. The molecule has 3 nitrogen and oxygen atoms in total. The van der Waals surface area contributed by atoms with Crippen LogP contribution in [-0.4, -0.2) is 38.5 Å². The molecule has 1 aliphatic heterocycles. The summed E-state index contributed by atoms with van der Waals surface area (Å²) in [5.74, 6) is 0.569. The minimum atomic E-state index is 0.139. The second-order valence-corrected chi connectivity index (χ2v) is 7.46. The van der Waals surface area contributed by atoms with E-state index in [1.165, 1.54) is 11.1 Å². The molecule has 0 aliphatic carbocycles. The van der Waals surface area contributed by atoms with E-state index >= 15 is 0 Å². The highest BCUT2D eigenvalue weighted by Crippen LogP contribution is 2.41. The predicted octanol–water partition coefficient (Wildman–Crippen LogP) is 4.35. The number of rotatable bonds is 7. The monoisotopic (exact) mass is 339 g/mol. The van der Waals surface area contributed by atoms with Crippen molar-refractivity contribution < 1.29 is 9.47 Å².